The van der Waals surface area contributed by atoms with Crippen LogP contribution in [0.5, 0.6) is 11.5 Å². The number of thiophene rings is 1. The summed E-state index contributed by atoms with van der Waals surface area (Å²) in [5.74, 6) is 1.33. The third-order valence-electron chi connectivity index (χ3n) is 3.95. The molecular weight excluding hydrogens is 324 g/mol. The summed E-state index contributed by atoms with van der Waals surface area (Å²) >= 11 is 1.71. The molecule has 0 bridgehead atoms. The van der Waals surface area contributed by atoms with Crippen LogP contribution in [0.3, 0.4) is 0 Å². The van der Waals surface area contributed by atoms with Crippen LogP contribution in [0, 0.1) is 0 Å². The molecule has 1 N–H and O–H groups in total. The Hall–Kier alpha value is -2.05. The van der Waals surface area contributed by atoms with Gasteiger partial charge in [0.25, 0.3) is 0 Å². The van der Waals surface area contributed by atoms with E-state index in [-0.39, 0.29) is 11.9 Å². The molecule has 0 radical (unpaired) electrons. The summed E-state index contributed by atoms with van der Waals surface area (Å²) < 4.78 is 10.5. The van der Waals surface area contributed by atoms with Gasteiger partial charge in [-0.15, -0.1) is 11.3 Å². The molecule has 6 heteroatoms. The molecular formula is C18H24N2O3S. The Morgan fingerprint density at radius 1 is 1.25 bits per heavy atom. The van der Waals surface area contributed by atoms with Crippen molar-refractivity contribution in [3.63, 3.8) is 0 Å². The Kier molecular flexibility index (Phi) is 6.63. The molecule has 0 aliphatic rings. The second-order valence-corrected chi connectivity index (χ2v) is 6.55. The Labute approximate surface area is 147 Å². The number of rotatable bonds is 8. The molecule has 0 saturated heterocycles. The first-order chi connectivity index (χ1) is 11.5. The number of carbonyl (C=O) groups is 1. The fraction of sp³-hybridized carbons (Fsp3) is 0.389. The third kappa shape index (κ3) is 4.72. The molecule has 0 fully saturated rings. The zero-order valence-corrected chi connectivity index (χ0v) is 15.4. The minimum Gasteiger partial charge on any atom is -0.493 e. The summed E-state index contributed by atoms with van der Waals surface area (Å²) in [6.07, 6.45) is 0. The van der Waals surface area contributed by atoms with Gasteiger partial charge < -0.3 is 14.8 Å². The number of hydrogen-bond donors (Lipinski definition) is 1. The van der Waals surface area contributed by atoms with E-state index in [0.29, 0.717) is 24.6 Å². The SMILES string of the molecule is COc1ccc(CNC(=O)CN(C)[C@@H](C)c2cccs2)cc1OC. The predicted molar refractivity (Wildman–Crippen MR) is 96.8 cm³/mol. The van der Waals surface area contributed by atoms with E-state index in [1.807, 2.05) is 36.2 Å². The number of nitrogens with zero attached hydrogens (tertiary/aromatic N) is 1. The maximum atomic E-state index is 12.2. The highest BCUT2D eigenvalue weighted by atomic mass is 32.1. The van der Waals surface area contributed by atoms with Gasteiger partial charge in [0.2, 0.25) is 5.91 Å². The number of carbonyl (C=O) groups excluding carboxylic acids is 1. The van der Waals surface area contributed by atoms with Crippen LogP contribution in [0.15, 0.2) is 35.7 Å². The number of likely N-dealkylation sites (N-methyl/N-ethyl adjacent to an activating group) is 1. The van der Waals surface area contributed by atoms with Crippen LogP contribution in [-0.4, -0.2) is 38.6 Å². The fourth-order valence-electron chi connectivity index (χ4n) is 2.36. The van der Waals surface area contributed by atoms with Crippen molar-refractivity contribution in [2.75, 3.05) is 27.8 Å². The molecule has 0 spiro atoms. The molecule has 2 aromatic rings. The van der Waals surface area contributed by atoms with Crippen molar-refractivity contribution in [3.05, 3.63) is 46.2 Å². The average Bonchev–Trinajstić information content (AvgIpc) is 3.13. The molecule has 1 amide bonds. The predicted octanol–water partition coefficient (Wildman–Crippen LogP) is 3.07. The number of methoxy groups -OCH3 is 2. The van der Waals surface area contributed by atoms with Gasteiger partial charge in [-0.3, -0.25) is 9.69 Å². The third-order valence-corrected chi connectivity index (χ3v) is 4.99. The lowest BCUT2D eigenvalue weighted by Gasteiger charge is -2.23. The summed E-state index contributed by atoms with van der Waals surface area (Å²) in [6, 6.07) is 9.97. The first kappa shape index (κ1) is 18.3. The normalized spacial score (nSPS) is 12.0. The zero-order valence-electron chi connectivity index (χ0n) is 14.5. The largest absolute Gasteiger partial charge is 0.493 e. The fourth-order valence-corrected chi connectivity index (χ4v) is 3.21. The summed E-state index contributed by atoms with van der Waals surface area (Å²) in [5, 5.41) is 5.00. The maximum absolute atomic E-state index is 12.2. The van der Waals surface area contributed by atoms with Crippen LogP contribution < -0.4 is 14.8 Å². The Balaban J connectivity index is 1.86. The molecule has 0 aliphatic carbocycles. The van der Waals surface area contributed by atoms with Crippen LogP contribution in [0.25, 0.3) is 0 Å². The van der Waals surface area contributed by atoms with Gasteiger partial charge in [-0.2, -0.15) is 0 Å². The molecule has 5 nitrogen and oxygen atoms in total. The van der Waals surface area contributed by atoms with Gasteiger partial charge in [0.05, 0.1) is 20.8 Å². The van der Waals surface area contributed by atoms with Gasteiger partial charge in [-0.25, -0.2) is 0 Å². The summed E-state index contributed by atoms with van der Waals surface area (Å²) in [4.78, 5) is 15.5. The van der Waals surface area contributed by atoms with Crippen LogP contribution in [0.1, 0.15) is 23.4 Å². The second-order valence-electron chi connectivity index (χ2n) is 5.57. The highest BCUT2D eigenvalue weighted by Gasteiger charge is 2.15. The van der Waals surface area contributed by atoms with E-state index in [1.165, 1.54) is 4.88 Å². The van der Waals surface area contributed by atoms with E-state index in [9.17, 15) is 4.79 Å². The van der Waals surface area contributed by atoms with Crippen LogP contribution in [-0.2, 0) is 11.3 Å². The summed E-state index contributed by atoms with van der Waals surface area (Å²) in [6.45, 7) is 2.92. The van der Waals surface area contributed by atoms with Crippen LogP contribution >= 0.6 is 11.3 Å². The van der Waals surface area contributed by atoms with Gasteiger partial charge in [0, 0.05) is 17.5 Å². The van der Waals surface area contributed by atoms with Crippen molar-refractivity contribution >= 4 is 17.2 Å². The number of benzene rings is 1. The monoisotopic (exact) mass is 348 g/mol. The quantitative estimate of drug-likeness (QED) is 0.796. The van der Waals surface area contributed by atoms with E-state index in [2.05, 4.69) is 23.7 Å². The van der Waals surface area contributed by atoms with E-state index in [4.69, 9.17) is 9.47 Å². The first-order valence-electron chi connectivity index (χ1n) is 7.76. The van der Waals surface area contributed by atoms with Crippen molar-refractivity contribution in [1.29, 1.82) is 0 Å². The maximum Gasteiger partial charge on any atom is 0.234 e. The minimum absolute atomic E-state index is 0.00399. The lowest BCUT2D eigenvalue weighted by Crippen LogP contribution is -2.35. The molecule has 0 saturated carbocycles. The minimum atomic E-state index is -0.00399. The molecule has 0 unspecified atom stereocenters. The van der Waals surface area contributed by atoms with Gasteiger partial charge >= 0.3 is 0 Å². The number of amides is 1. The molecule has 1 aromatic carbocycles. The zero-order chi connectivity index (χ0) is 17.5. The highest BCUT2D eigenvalue weighted by Crippen LogP contribution is 2.27. The lowest BCUT2D eigenvalue weighted by atomic mass is 10.2. The second kappa shape index (κ2) is 8.70. The molecule has 1 heterocycles. The highest BCUT2D eigenvalue weighted by molar-refractivity contribution is 7.10. The van der Waals surface area contributed by atoms with Crippen molar-refractivity contribution < 1.29 is 14.3 Å². The standard InChI is InChI=1S/C18H24N2O3S/c1-13(17-6-5-9-24-17)20(2)12-18(21)19-11-14-7-8-15(22-3)16(10-14)23-4/h5-10,13H,11-12H2,1-4H3,(H,19,21)/t13-/m0/s1. The molecule has 2 rings (SSSR count). The summed E-state index contributed by atoms with van der Waals surface area (Å²) in [5.41, 5.74) is 0.968. The van der Waals surface area contributed by atoms with Crippen molar-refractivity contribution in [1.82, 2.24) is 10.2 Å². The Bertz CT molecular complexity index is 658. The molecule has 24 heavy (non-hydrogen) atoms. The Morgan fingerprint density at radius 2 is 2.00 bits per heavy atom. The molecule has 1 aromatic heterocycles. The lowest BCUT2D eigenvalue weighted by molar-refractivity contribution is -0.122. The van der Waals surface area contributed by atoms with Gasteiger partial charge in [0.15, 0.2) is 11.5 Å². The number of ether oxygens (including phenoxy) is 2. The molecule has 0 aliphatic heterocycles. The van der Waals surface area contributed by atoms with E-state index in [1.54, 1.807) is 25.6 Å². The van der Waals surface area contributed by atoms with Crippen LogP contribution in [0.2, 0.25) is 0 Å². The topological polar surface area (TPSA) is 50.8 Å². The summed E-state index contributed by atoms with van der Waals surface area (Å²) in [7, 11) is 5.16. The first-order valence-corrected chi connectivity index (χ1v) is 8.64. The average molecular weight is 348 g/mol. The van der Waals surface area contributed by atoms with Crippen LogP contribution in [0.4, 0.5) is 0 Å². The van der Waals surface area contributed by atoms with Gasteiger partial charge in [-0.05, 0) is 43.1 Å². The van der Waals surface area contributed by atoms with Gasteiger partial charge in [-0.1, -0.05) is 12.1 Å². The number of nitrogens with one attached hydrogen (secondary N) is 1. The van der Waals surface area contributed by atoms with E-state index < -0.39 is 0 Å². The van der Waals surface area contributed by atoms with E-state index in [0.717, 1.165) is 5.56 Å². The van der Waals surface area contributed by atoms with Crippen molar-refractivity contribution in [2.24, 2.45) is 0 Å². The van der Waals surface area contributed by atoms with Crippen molar-refractivity contribution in [2.45, 2.75) is 19.5 Å². The Morgan fingerprint density at radius 3 is 2.62 bits per heavy atom. The smallest absolute Gasteiger partial charge is 0.234 e. The molecule has 130 valence electrons. The molecule has 1 atom stereocenters. The van der Waals surface area contributed by atoms with Crippen molar-refractivity contribution in [3.8, 4) is 11.5 Å². The number of hydrogen-bond acceptors (Lipinski definition) is 5. The van der Waals surface area contributed by atoms with Gasteiger partial charge in [0.1, 0.15) is 0 Å². The van der Waals surface area contributed by atoms with E-state index >= 15 is 0 Å².